The zero-order valence-electron chi connectivity index (χ0n) is 11.6. The second-order valence-corrected chi connectivity index (χ2v) is 4.87. The molecule has 6 heteroatoms. The van der Waals surface area contributed by atoms with Gasteiger partial charge in [0, 0.05) is 7.05 Å². The lowest BCUT2D eigenvalue weighted by Gasteiger charge is -2.30. The molecule has 0 unspecified atom stereocenters. The molecule has 1 aromatic rings. The number of amides is 2. The molecule has 6 nitrogen and oxygen atoms in total. The van der Waals surface area contributed by atoms with E-state index in [4.69, 9.17) is 4.84 Å². The average molecular weight is 278 g/mol. The van der Waals surface area contributed by atoms with Gasteiger partial charge < -0.3 is 5.11 Å². The number of likely N-dealkylation sites (N-methyl/N-ethyl adjacent to an activating group) is 1. The Kier molecular flexibility index (Phi) is 3.94. The van der Waals surface area contributed by atoms with Crippen LogP contribution in [0.3, 0.4) is 0 Å². The Hall–Kier alpha value is -2.08. The van der Waals surface area contributed by atoms with E-state index in [2.05, 4.69) is 0 Å². The fourth-order valence-electron chi connectivity index (χ4n) is 2.26. The predicted octanol–water partition coefficient (Wildman–Crippen LogP) is 1.72. The van der Waals surface area contributed by atoms with E-state index in [0.29, 0.717) is 12.8 Å². The lowest BCUT2D eigenvalue weighted by Crippen LogP contribution is -2.51. The molecular formula is C14H18N2O4. The number of carboxylic acid groups (broad SMARTS) is 1. The average Bonchev–Trinajstić information content (AvgIpc) is 3.25. The molecule has 2 amide bonds. The summed E-state index contributed by atoms with van der Waals surface area (Å²) in [6.45, 7) is 0.194. The van der Waals surface area contributed by atoms with Gasteiger partial charge in [0.25, 0.3) is 5.91 Å². The maximum atomic E-state index is 12.3. The summed E-state index contributed by atoms with van der Waals surface area (Å²) in [6.07, 6.45) is -0.0404. The third kappa shape index (κ3) is 2.60. The van der Waals surface area contributed by atoms with E-state index in [1.54, 1.807) is 0 Å². The molecule has 0 bridgehead atoms. The minimum Gasteiger partial charge on any atom is -0.465 e. The number of hydroxylamine groups is 2. The topological polar surface area (TPSA) is 70.1 Å². The van der Waals surface area contributed by atoms with Crippen molar-refractivity contribution in [1.29, 1.82) is 0 Å². The molecule has 108 valence electrons. The first-order valence-corrected chi connectivity index (χ1v) is 6.38. The van der Waals surface area contributed by atoms with Crippen LogP contribution in [0.25, 0.3) is 0 Å². The van der Waals surface area contributed by atoms with E-state index in [1.165, 1.54) is 19.1 Å². The number of benzene rings is 1. The van der Waals surface area contributed by atoms with Crippen LogP contribution in [-0.4, -0.2) is 46.8 Å². The van der Waals surface area contributed by atoms with E-state index in [1.807, 2.05) is 30.3 Å². The van der Waals surface area contributed by atoms with E-state index in [0.717, 1.165) is 10.6 Å². The van der Waals surface area contributed by atoms with E-state index in [9.17, 15) is 14.7 Å². The van der Waals surface area contributed by atoms with Crippen molar-refractivity contribution in [2.45, 2.75) is 24.9 Å². The molecule has 1 aliphatic rings. The van der Waals surface area contributed by atoms with Crippen molar-refractivity contribution in [3.63, 3.8) is 0 Å². The summed E-state index contributed by atoms with van der Waals surface area (Å²) < 4.78 is 0. The standard InChI is InChI=1S/C14H18N2O4/c1-15(20-2)12(17)14(8-9-14)16(13(18)19)10-11-6-4-3-5-7-11/h3-7H,8-10H2,1-2H3,(H,18,19). The van der Waals surface area contributed by atoms with E-state index < -0.39 is 11.6 Å². The van der Waals surface area contributed by atoms with Gasteiger partial charge in [0.05, 0.1) is 13.7 Å². The number of nitrogens with zero attached hydrogens (tertiary/aromatic N) is 2. The van der Waals surface area contributed by atoms with Crippen molar-refractivity contribution in [2.75, 3.05) is 14.2 Å². The van der Waals surface area contributed by atoms with Crippen LogP contribution in [-0.2, 0) is 16.2 Å². The van der Waals surface area contributed by atoms with Gasteiger partial charge >= 0.3 is 6.09 Å². The van der Waals surface area contributed by atoms with Crippen molar-refractivity contribution in [3.05, 3.63) is 35.9 Å². The van der Waals surface area contributed by atoms with Crippen LogP contribution in [0.1, 0.15) is 18.4 Å². The summed E-state index contributed by atoms with van der Waals surface area (Å²) >= 11 is 0. The molecule has 0 radical (unpaired) electrons. The highest BCUT2D eigenvalue weighted by Gasteiger charge is 2.58. The lowest BCUT2D eigenvalue weighted by atomic mass is 10.1. The SMILES string of the molecule is CON(C)C(=O)C1(N(Cc2ccccc2)C(=O)O)CC1. The van der Waals surface area contributed by atoms with E-state index >= 15 is 0 Å². The zero-order chi connectivity index (χ0) is 14.8. The van der Waals surface area contributed by atoms with Crippen molar-refractivity contribution in [2.24, 2.45) is 0 Å². The highest BCUT2D eigenvalue weighted by molar-refractivity contribution is 5.91. The molecule has 1 fully saturated rings. The molecule has 0 heterocycles. The quantitative estimate of drug-likeness (QED) is 0.833. The summed E-state index contributed by atoms with van der Waals surface area (Å²) in [5.41, 5.74) is -0.124. The van der Waals surface area contributed by atoms with Crippen LogP contribution in [0.4, 0.5) is 4.79 Å². The Morgan fingerprint density at radius 2 is 1.90 bits per heavy atom. The van der Waals surface area contributed by atoms with Crippen LogP contribution < -0.4 is 0 Å². The molecule has 0 atom stereocenters. The molecule has 1 aliphatic carbocycles. The lowest BCUT2D eigenvalue weighted by molar-refractivity contribution is -0.175. The molecule has 1 saturated carbocycles. The van der Waals surface area contributed by atoms with Crippen molar-refractivity contribution >= 4 is 12.0 Å². The molecular weight excluding hydrogens is 260 g/mol. The van der Waals surface area contributed by atoms with Crippen LogP contribution in [0.5, 0.6) is 0 Å². The first kappa shape index (κ1) is 14.3. The first-order chi connectivity index (χ1) is 9.51. The van der Waals surface area contributed by atoms with Gasteiger partial charge in [-0.1, -0.05) is 30.3 Å². The summed E-state index contributed by atoms with van der Waals surface area (Å²) in [4.78, 5) is 29.9. The Bertz CT molecular complexity index is 499. The number of hydrogen-bond acceptors (Lipinski definition) is 3. The number of carbonyl (C=O) groups is 2. The van der Waals surface area contributed by atoms with Gasteiger partial charge in [-0.3, -0.25) is 14.5 Å². The molecule has 0 aliphatic heterocycles. The fraction of sp³-hybridized carbons (Fsp3) is 0.429. The summed E-state index contributed by atoms with van der Waals surface area (Å²) in [5.74, 6) is -0.321. The third-order valence-electron chi connectivity index (χ3n) is 3.61. The monoisotopic (exact) mass is 278 g/mol. The van der Waals surface area contributed by atoms with Gasteiger partial charge in [-0.2, -0.15) is 0 Å². The second-order valence-electron chi connectivity index (χ2n) is 4.87. The highest BCUT2D eigenvalue weighted by atomic mass is 16.7. The number of carbonyl (C=O) groups excluding carboxylic acids is 1. The first-order valence-electron chi connectivity index (χ1n) is 6.38. The molecule has 2 rings (SSSR count). The molecule has 1 N–H and O–H groups in total. The summed E-state index contributed by atoms with van der Waals surface area (Å²) in [7, 11) is 2.88. The Morgan fingerprint density at radius 1 is 1.30 bits per heavy atom. The second kappa shape index (κ2) is 5.50. The molecule has 0 aromatic heterocycles. The molecule has 1 aromatic carbocycles. The molecule has 20 heavy (non-hydrogen) atoms. The smallest absolute Gasteiger partial charge is 0.408 e. The van der Waals surface area contributed by atoms with Gasteiger partial charge in [-0.25, -0.2) is 9.86 Å². The van der Waals surface area contributed by atoms with Gasteiger partial charge in [0.15, 0.2) is 0 Å². The normalized spacial score (nSPS) is 15.5. The van der Waals surface area contributed by atoms with Crippen molar-refractivity contribution in [1.82, 2.24) is 9.96 Å². The summed E-state index contributed by atoms with van der Waals surface area (Å²) in [5, 5.41) is 10.5. The Labute approximate surface area is 117 Å². The minimum absolute atomic E-state index is 0.194. The number of rotatable bonds is 5. The largest absolute Gasteiger partial charge is 0.465 e. The van der Waals surface area contributed by atoms with Crippen molar-refractivity contribution < 1.29 is 19.5 Å². The van der Waals surface area contributed by atoms with Crippen LogP contribution >= 0.6 is 0 Å². The van der Waals surface area contributed by atoms with Crippen LogP contribution in [0.15, 0.2) is 30.3 Å². The maximum Gasteiger partial charge on any atom is 0.408 e. The number of hydrogen-bond donors (Lipinski definition) is 1. The minimum atomic E-state index is -1.09. The predicted molar refractivity (Wildman–Crippen MR) is 71.8 cm³/mol. The van der Waals surface area contributed by atoms with Gasteiger partial charge in [-0.05, 0) is 18.4 Å². The zero-order valence-corrected chi connectivity index (χ0v) is 11.6. The third-order valence-corrected chi connectivity index (χ3v) is 3.61. The van der Waals surface area contributed by atoms with E-state index in [-0.39, 0.29) is 12.5 Å². The van der Waals surface area contributed by atoms with Gasteiger partial charge in [-0.15, -0.1) is 0 Å². The molecule has 0 saturated heterocycles. The Morgan fingerprint density at radius 3 is 2.35 bits per heavy atom. The highest BCUT2D eigenvalue weighted by Crippen LogP contribution is 2.44. The van der Waals surface area contributed by atoms with Crippen LogP contribution in [0.2, 0.25) is 0 Å². The van der Waals surface area contributed by atoms with Crippen molar-refractivity contribution in [3.8, 4) is 0 Å². The summed E-state index contributed by atoms with van der Waals surface area (Å²) in [6, 6.07) is 9.24. The maximum absolute atomic E-state index is 12.3. The van der Waals surface area contributed by atoms with Gasteiger partial charge in [0.1, 0.15) is 5.54 Å². The van der Waals surface area contributed by atoms with Gasteiger partial charge in [0.2, 0.25) is 0 Å². The fourth-order valence-corrected chi connectivity index (χ4v) is 2.26. The van der Waals surface area contributed by atoms with Crippen LogP contribution in [0, 0.1) is 0 Å². The molecule has 0 spiro atoms. The Balaban J connectivity index is 2.21.